The zero-order valence-electron chi connectivity index (χ0n) is 7.92. The molecule has 1 aliphatic heterocycles. The number of benzene rings is 1. The van der Waals surface area contributed by atoms with Crippen LogP contribution in [0.2, 0.25) is 0 Å². The highest BCUT2D eigenvalue weighted by Gasteiger charge is 2.19. The lowest BCUT2D eigenvalue weighted by Crippen LogP contribution is -2.08. The first-order chi connectivity index (χ1) is 6.72. The number of nitrogens with two attached hydrogens (primary N) is 1. The molecular weight excluding hydrogens is 246 g/mol. The van der Waals surface area contributed by atoms with Gasteiger partial charge in [0.25, 0.3) is 0 Å². The van der Waals surface area contributed by atoms with Crippen LogP contribution < -0.4 is 15.2 Å². The van der Waals surface area contributed by atoms with E-state index in [9.17, 15) is 0 Å². The standard InChI is InChI=1S/C10H12BrNO2/c1-6(4-12)7-2-8(11)10-9(3-7)13-5-14-10/h2-3,6H,4-5,12H2,1H3. The Morgan fingerprint density at radius 3 is 3.00 bits per heavy atom. The number of rotatable bonds is 2. The number of ether oxygens (including phenoxy) is 2. The molecule has 2 N–H and O–H groups in total. The highest BCUT2D eigenvalue weighted by atomic mass is 79.9. The monoisotopic (exact) mass is 257 g/mol. The van der Waals surface area contributed by atoms with E-state index >= 15 is 0 Å². The van der Waals surface area contributed by atoms with Gasteiger partial charge in [0.05, 0.1) is 4.47 Å². The molecule has 0 aromatic heterocycles. The molecule has 3 nitrogen and oxygen atoms in total. The maximum Gasteiger partial charge on any atom is 0.231 e. The molecule has 0 radical (unpaired) electrons. The minimum Gasteiger partial charge on any atom is -0.454 e. The van der Waals surface area contributed by atoms with Crippen LogP contribution in [0.25, 0.3) is 0 Å². The Bertz CT molecular complexity index is 354. The Morgan fingerprint density at radius 1 is 1.50 bits per heavy atom. The molecular formula is C10H12BrNO2. The van der Waals surface area contributed by atoms with Crippen molar-refractivity contribution in [1.29, 1.82) is 0 Å². The van der Waals surface area contributed by atoms with Crippen LogP contribution in [0.4, 0.5) is 0 Å². The van der Waals surface area contributed by atoms with Crippen LogP contribution in [-0.4, -0.2) is 13.3 Å². The van der Waals surface area contributed by atoms with Crippen molar-refractivity contribution in [3.63, 3.8) is 0 Å². The summed E-state index contributed by atoms with van der Waals surface area (Å²) in [7, 11) is 0. The Hall–Kier alpha value is -0.740. The lowest BCUT2D eigenvalue weighted by atomic mass is 10.0. The maximum atomic E-state index is 5.61. The van der Waals surface area contributed by atoms with Gasteiger partial charge in [-0.2, -0.15) is 0 Å². The summed E-state index contributed by atoms with van der Waals surface area (Å²) >= 11 is 3.45. The second-order valence-electron chi connectivity index (χ2n) is 3.37. The molecule has 1 aromatic rings. The molecule has 1 heterocycles. The van der Waals surface area contributed by atoms with Crippen LogP contribution in [0.15, 0.2) is 16.6 Å². The Balaban J connectivity index is 2.41. The Kier molecular flexibility index (Phi) is 2.65. The summed E-state index contributed by atoms with van der Waals surface area (Å²) in [5, 5.41) is 0. The zero-order chi connectivity index (χ0) is 10.1. The second-order valence-corrected chi connectivity index (χ2v) is 4.23. The van der Waals surface area contributed by atoms with Crippen LogP contribution in [0, 0.1) is 0 Å². The number of hydrogen-bond acceptors (Lipinski definition) is 3. The molecule has 2 rings (SSSR count). The third-order valence-electron chi connectivity index (χ3n) is 2.37. The summed E-state index contributed by atoms with van der Waals surface area (Å²) in [4.78, 5) is 0. The van der Waals surface area contributed by atoms with Crippen molar-refractivity contribution in [2.75, 3.05) is 13.3 Å². The van der Waals surface area contributed by atoms with Crippen molar-refractivity contribution in [2.45, 2.75) is 12.8 Å². The summed E-state index contributed by atoms with van der Waals surface area (Å²) in [5.74, 6) is 1.92. The van der Waals surface area contributed by atoms with E-state index in [0.29, 0.717) is 19.3 Å². The van der Waals surface area contributed by atoms with Crippen molar-refractivity contribution < 1.29 is 9.47 Å². The van der Waals surface area contributed by atoms with E-state index in [1.165, 1.54) is 5.56 Å². The summed E-state index contributed by atoms with van der Waals surface area (Å²) in [6.07, 6.45) is 0. The minimum absolute atomic E-state index is 0.300. The molecule has 0 spiro atoms. The van der Waals surface area contributed by atoms with Crippen LogP contribution in [0.5, 0.6) is 11.5 Å². The maximum absolute atomic E-state index is 5.61. The van der Waals surface area contributed by atoms with Gasteiger partial charge >= 0.3 is 0 Å². The molecule has 14 heavy (non-hydrogen) atoms. The van der Waals surface area contributed by atoms with Gasteiger partial charge in [-0.3, -0.25) is 0 Å². The smallest absolute Gasteiger partial charge is 0.231 e. The average Bonchev–Trinajstić information content (AvgIpc) is 2.64. The van der Waals surface area contributed by atoms with Crippen LogP contribution in [0.1, 0.15) is 18.4 Å². The fraction of sp³-hybridized carbons (Fsp3) is 0.400. The van der Waals surface area contributed by atoms with Crippen molar-refractivity contribution in [3.8, 4) is 11.5 Å². The third-order valence-corrected chi connectivity index (χ3v) is 2.96. The van der Waals surface area contributed by atoms with Gasteiger partial charge in [-0.1, -0.05) is 6.92 Å². The summed E-state index contributed by atoms with van der Waals surface area (Å²) in [6.45, 7) is 3.02. The highest BCUT2D eigenvalue weighted by Crippen LogP contribution is 2.41. The quantitative estimate of drug-likeness (QED) is 0.884. The topological polar surface area (TPSA) is 44.5 Å². The van der Waals surface area contributed by atoms with Gasteiger partial charge in [0, 0.05) is 0 Å². The Morgan fingerprint density at radius 2 is 2.29 bits per heavy atom. The van der Waals surface area contributed by atoms with Gasteiger partial charge in [-0.15, -0.1) is 0 Å². The second kappa shape index (κ2) is 3.79. The largest absolute Gasteiger partial charge is 0.454 e. The molecule has 0 aliphatic carbocycles. The first-order valence-corrected chi connectivity index (χ1v) is 5.30. The predicted molar refractivity (Wildman–Crippen MR) is 57.7 cm³/mol. The summed E-state index contributed by atoms with van der Waals surface area (Å²) < 4.78 is 11.6. The number of halogens is 1. The van der Waals surface area contributed by atoms with E-state index < -0.39 is 0 Å². The number of hydrogen-bond donors (Lipinski definition) is 1. The van der Waals surface area contributed by atoms with Crippen molar-refractivity contribution in [3.05, 3.63) is 22.2 Å². The first kappa shape index (κ1) is 9.80. The van der Waals surface area contributed by atoms with Gasteiger partial charge in [-0.05, 0) is 46.1 Å². The zero-order valence-corrected chi connectivity index (χ0v) is 9.50. The number of fused-ring (bicyclic) bond motifs is 1. The van der Waals surface area contributed by atoms with Crippen LogP contribution in [0.3, 0.4) is 0 Å². The molecule has 0 saturated carbocycles. The molecule has 1 aliphatic rings. The lowest BCUT2D eigenvalue weighted by molar-refractivity contribution is 0.173. The van der Waals surface area contributed by atoms with E-state index in [2.05, 4.69) is 22.9 Å². The molecule has 0 amide bonds. The molecule has 0 saturated heterocycles. The van der Waals surface area contributed by atoms with Crippen molar-refractivity contribution in [1.82, 2.24) is 0 Å². The molecule has 1 unspecified atom stereocenters. The SMILES string of the molecule is CC(CN)c1cc(Br)c2c(c1)OCO2. The fourth-order valence-corrected chi connectivity index (χ4v) is 1.98. The third kappa shape index (κ3) is 1.60. The lowest BCUT2D eigenvalue weighted by Gasteiger charge is -2.10. The highest BCUT2D eigenvalue weighted by molar-refractivity contribution is 9.10. The Labute approximate surface area is 91.3 Å². The average molecular weight is 258 g/mol. The van der Waals surface area contributed by atoms with E-state index in [4.69, 9.17) is 15.2 Å². The van der Waals surface area contributed by atoms with Crippen molar-refractivity contribution in [2.24, 2.45) is 5.73 Å². The van der Waals surface area contributed by atoms with Gasteiger partial charge in [0.2, 0.25) is 6.79 Å². The predicted octanol–water partition coefficient (Wildman–Crippen LogP) is 2.24. The van der Waals surface area contributed by atoms with Gasteiger partial charge in [0.15, 0.2) is 11.5 Å². The molecule has 4 heteroatoms. The van der Waals surface area contributed by atoms with Crippen molar-refractivity contribution >= 4 is 15.9 Å². The molecule has 0 bridgehead atoms. The van der Waals surface area contributed by atoms with E-state index in [-0.39, 0.29) is 0 Å². The minimum atomic E-state index is 0.300. The normalized spacial score (nSPS) is 15.6. The molecule has 76 valence electrons. The van der Waals surface area contributed by atoms with E-state index in [1.807, 2.05) is 12.1 Å². The summed E-state index contributed by atoms with van der Waals surface area (Å²) in [6, 6.07) is 4.02. The molecule has 1 aromatic carbocycles. The van der Waals surface area contributed by atoms with Crippen LogP contribution in [-0.2, 0) is 0 Å². The van der Waals surface area contributed by atoms with Gasteiger partial charge in [-0.25, -0.2) is 0 Å². The van der Waals surface area contributed by atoms with Crippen LogP contribution >= 0.6 is 15.9 Å². The summed E-state index contributed by atoms with van der Waals surface area (Å²) in [5.41, 5.74) is 6.78. The molecule has 1 atom stereocenters. The first-order valence-electron chi connectivity index (χ1n) is 4.51. The van der Waals surface area contributed by atoms with Gasteiger partial charge in [0.1, 0.15) is 0 Å². The van der Waals surface area contributed by atoms with E-state index in [0.717, 1.165) is 16.0 Å². The fourth-order valence-electron chi connectivity index (χ4n) is 1.41. The van der Waals surface area contributed by atoms with Gasteiger partial charge < -0.3 is 15.2 Å². The molecule has 0 fully saturated rings. The van der Waals surface area contributed by atoms with E-state index in [1.54, 1.807) is 0 Å².